The zero-order valence-corrected chi connectivity index (χ0v) is 17.3. The van der Waals surface area contributed by atoms with Gasteiger partial charge in [0.25, 0.3) is 6.29 Å². The number of fused-ring (bicyclic) bond motifs is 5. The van der Waals surface area contributed by atoms with Gasteiger partial charge in [-0.25, -0.2) is 0 Å². The summed E-state index contributed by atoms with van der Waals surface area (Å²) >= 11 is 0. The van der Waals surface area contributed by atoms with Crippen LogP contribution in [0.4, 0.5) is 0 Å². The van der Waals surface area contributed by atoms with E-state index in [4.69, 9.17) is 9.47 Å². The van der Waals surface area contributed by atoms with Gasteiger partial charge in [0.2, 0.25) is 0 Å². The molecule has 5 nitrogen and oxygen atoms in total. The van der Waals surface area contributed by atoms with Crippen molar-refractivity contribution < 1.29 is 23.9 Å². The first-order valence-corrected chi connectivity index (χ1v) is 11.0. The van der Waals surface area contributed by atoms with Gasteiger partial charge in [0.05, 0.1) is 0 Å². The molecule has 0 spiro atoms. The molecule has 0 amide bonds. The molecule has 29 heavy (non-hydrogen) atoms. The molecule has 0 bridgehead atoms. The first-order chi connectivity index (χ1) is 14.0. The summed E-state index contributed by atoms with van der Waals surface area (Å²) in [6, 6.07) is 7.99. The largest absolute Gasteiger partial charge is 0.425 e. The van der Waals surface area contributed by atoms with Gasteiger partial charge < -0.3 is 9.47 Å². The Morgan fingerprint density at radius 3 is 2.45 bits per heavy atom. The molecule has 0 N–H and O–H groups in total. The number of hydrogen-bond acceptors (Lipinski definition) is 5. The molecular weight excluding hydrogens is 368 g/mol. The van der Waals surface area contributed by atoms with E-state index in [2.05, 4.69) is 6.07 Å². The third-order valence-electron chi connectivity index (χ3n) is 7.46. The Bertz CT molecular complexity index is 797. The van der Waals surface area contributed by atoms with E-state index in [0.29, 0.717) is 12.3 Å². The van der Waals surface area contributed by atoms with E-state index < -0.39 is 6.29 Å². The van der Waals surface area contributed by atoms with Gasteiger partial charge in [-0.15, -0.1) is 0 Å². The van der Waals surface area contributed by atoms with Crippen LogP contribution in [-0.2, 0) is 19.1 Å². The maximum atomic E-state index is 12.9. The second kappa shape index (κ2) is 7.92. The lowest BCUT2D eigenvalue weighted by molar-refractivity contribution is -0.227. The van der Waals surface area contributed by atoms with Gasteiger partial charge in [-0.2, -0.15) is 0 Å². The smallest absolute Gasteiger partial charge is 0.308 e. The van der Waals surface area contributed by atoms with E-state index in [1.807, 2.05) is 18.2 Å². The van der Waals surface area contributed by atoms with Gasteiger partial charge in [0.15, 0.2) is 5.78 Å². The fraction of sp³-hybridized carbons (Fsp3) is 0.625. The summed E-state index contributed by atoms with van der Waals surface area (Å²) in [5.74, 6) is 0.314. The predicted molar refractivity (Wildman–Crippen MR) is 107 cm³/mol. The van der Waals surface area contributed by atoms with Crippen molar-refractivity contribution in [2.24, 2.45) is 17.3 Å². The van der Waals surface area contributed by atoms with Crippen molar-refractivity contribution >= 4 is 17.7 Å². The number of hydrogen-bond donors (Lipinski definition) is 0. The first kappa shape index (κ1) is 20.1. The summed E-state index contributed by atoms with van der Waals surface area (Å²) < 4.78 is 11.5. The second-order valence-electron chi connectivity index (χ2n) is 8.77. The summed E-state index contributed by atoms with van der Waals surface area (Å²) in [4.78, 5) is 37.2. The van der Waals surface area contributed by atoms with Gasteiger partial charge >= 0.3 is 11.9 Å². The molecule has 0 saturated heterocycles. The third kappa shape index (κ3) is 3.38. The van der Waals surface area contributed by atoms with Crippen LogP contribution in [0.1, 0.15) is 87.1 Å². The highest BCUT2D eigenvalue weighted by atomic mass is 16.7. The van der Waals surface area contributed by atoms with Gasteiger partial charge in [-0.05, 0) is 49.0 Å². The van der Waals surface area contributed by atoms with Crippen LogP contribution in [0.5, 0.6) is 0 Å². The molecule has 156 valence electrons. The average molecular weight is 398 g/mol. The topological polar surface area (TPSA) is 69.7 Å². The zero-order valence-electron chi connectivity index (χ0n) is 17.3. The minimum absolute atomic E-state index is 0.206. The van der Waals surface area contributed by atoms with E-state index in [0.717, 1.165) is 37.7 Å². The number of benzene rings is 1. The number of carbonyl (C=O) groups is 3. The Morgan fingerprint density at radius 1 is 1.07 bits per heavy atom. The molecule has 1 aromatic rings. The van der Waals surface area contributed by atoms with Gasteiger partial charge in [-0.3, -0.25) is 14.4 Å². The SMILES string of the molecule is CCC(=O)OC(OC(=O)CC)[C@@]12CCC[C@H]1[C@@H]1CC(=O)c3ccccc3[C@H]1CC2. The maximum absolute atomic E-state index is 12.9. The van der Waals surface area contributed by atoms with Crippen molar-refractivity contribution in [1.82, 2.24) is 0 Å². The van der Waals surface area contributed by atoms with E-state index >= 15 is 0 Å². The Balaban J connectivity index is 1.68. The first-order valence-electron chi connectivity index (χ1n) is 11.0. The molecule has 1 aromatic carbocycles. The van der Waals surface area contributed by atoms with Crippen LogP contribution in [0.15, 0.2) is 24.3 Å². The van der Waals surface area contributed by atoms with E-state index in [9.17, 15) is 14.4 Å². The lowest BCUT2D eigenvalue weighted by Crippen LogP contribution is -2.51. The number of Topliss-reactive ketones (excluding diaryl/α,β-unsaturated/α-hetero) is 1. The van der Waals surface area contributed by atoms with Gasteiger partial charge in [0.1, 0.15) is 0 Å². The number of ether oxygens (including phenoxy) is 2. The van der Waals surface area contributed by atoms with Crippen molar-refractivity contribution in [2.45, 2.75) is 77.4 Å². The molecule has 4 rings (SSSR count). The van der Waals surface area contributed by atoms with Crippen molar-refractivity contribution in [2.75, 3.05) is 0 Å². The Kier molecular flexibility index (Phi) is 5.50. The van der Waals surface area contributed by atoms with Crippen LogP contribution < -0.4 is 0 Å². The Morgan fingerprint density at radius 2 is 1.76 bits per heavy atom. The van der Waals surface area contributed by atoms with E-state index in [-0.39, 0.29) is 47.8 Å². The molecule has 0 unspecified atom stereocenters. The van der Waals surface area contributed by atoms with Gasteiger partial charge in [0, 0.05) is 30.2 Å². The van der Waals surface area contributed by atoms with Crippen LogP contribution in [0.25, 0.3) is 0 Å². The van der Waals surface area contributed by atoms with Gasteiger partial charge in [-0.1, -0.05) is 44.5 Å². The summed E-state index contributed by atoms with van der Waals surface area (Å²) in [6.45, 7) is 3.50. The van der Waals surface area contributed by atoms with Crippen LogP contribution >= 0.6 is 0 Å². The van der Waals surface area contributed by atoms with E-state index in [1.165, 1.54) is 5.56 Å². The van der Waals surface area contributed by atoms with Crippen molar-refractivity contribution in [3.8, 4) is 0 Å². The molecule has 2 saturated carbocycles. The fourth-order valence-electron chi connectivity index (χ4n) is 6.14. The predicted octanol–water partition coefficient (Wildman–Crippen LogP) is 4.79. The molecule has 0 aliphatic heterocycles. The molecule has 3 aliphatic carbocycles. The number of ketones is 1. The minimum Gasteiger partial charge on any atom is -0.425 e. The molecule has 5 heteroatoms. The normalized spacial score (nSPS) is 30.3. The average Bonchev–Trinajstić information content (AvgIpc) is 3.19. The second-order valence-corrected chi connectivity index (χ2v) is 8.77. The number of esters is 2. The Hall–Kier alpha value is -2.17. The van der Waals surface area contributed by atoms with Crippen LogP contribution in [-0.4, -0.2) is 24.0 Å². The summed E-state index contributed by atoms with van der Waals surface area (Å²) in [7, 11) is 0. The number of carbonyl (C=O) groups excluding carboxylic acids is 3. The standard InChI is InChI=1S/C24H30O5/c1-3-21(26)28-23(29-22(27)4-2)24-12-7-10-19(24)18-14-20(25)17-9-6-5-8-15(17)16(18)11-13-24/h5-6,8-9,16,18-19,23H,3-4,7,10-14H2,1-2H3/t16-,18-,19+,24-/m1/s1. The molecule has 0 heterocycles. The molecule has 4 atom stereocenters. The summed E-state index contributed by atoms with van der Waals surface area (Å²) in [5.41, 5.74) is 1.66. The number of rotatable bonds is 5. The maximum Gasteiger partial charge on any atom is 0.308 e. The Labute approximate surface area is 172 Å². The lowest BCUT2D eigenvalue weighted by atomic mass is 9.54. The molecule has 0 aromatic heterocycles. The summed E-state index contributed by atoms with van der Waals surface area (Å²) in [5, 5.41) is 0. The zero-order chi connectivity index (χ0) is 20.6. The summed E-state index contributed by atoms with van der Waals surface area (Å²) in [6.07, 6.45) is 4.82. The van der Waals surface area contributed by atoms with Crippen molar-refractivity contribution in [1.29, 1.82) is 0 Å². The van der Waals surface area contributed by atoms with Crippen LogP contribution in [0.2, 0.25) is 0 Å². The highest BCUT2D eigenvalue weighted by molar-refractivity contribution is 5.99. The molecule has 2 fully saturated rings. The monoisotopic (exact) mass is 398 g/mol. The van der Waals surface area contributed by atoms with Crippen LogP contribution in [0, 0.1) is 17.3 Å². The minimum atomic E-state index is -0.844. The molecule has 0 radical (unpaired) electrons. The van der Waals surface area contributed by atoms with Crippen molar-refractivity contribution in [3.05, 3.63) is 35.4 Å². The highest BCUT2D eigenvalue weighted by Gasteiger charge is 2.59. The third-order valence-corrected chi connectivity index (χ3v) is 7.46. The fourth-order valence-corrected chi connectivity index (χ4v) is 6.14. The lowest BCUT2D eigenvalue weighted by Gasteiger charge is -2.51. The quantitative estimate of drug-likeness (QED) is 0.527. The van der Waals surface area contributed by atoms with Crippen LogP contribution in [0.3, 0.4) is 0 Å². The molecular formula is C24H30O5. The van der Waals surface area contributed by atoms with E-state index in [1.54, 1.807) is 13.8 Å². The molecule has 3 aliphatic rings. The van der Waals surface area contributed by atoms with Crippen molar-refractivity contribution in [3.63, 3.8) is 0 Å². The highest BCUT2D eigenvalue weighted by Crippen LogP contribution is 2.63.